The first kappa shape index (κ1) is 24.9. The number of rotatable bonds is 8. The molecule has 0 aliphatic carbocycles. The van der Waals surface area contributed by atoms with Gasteiger partial charge in [-0.15, -0.1) is 0 Å². The zero-order chi connectivity index (χ0) is 24.9. The van der Waals surface area contributed by atoms with Crippen molar-refractivity contribution >= 4 is 44.6 Å². The molecule has 0 fully saturated rings. The van der Waals surface area contributed by atoms with Crippen LogP contribution in [0.5, 0.6) is 11.5 Å². The van der Waals surface area contributed by atoms with Crippen molar-refractivity contribution in [3.8, 4) is 22.9 Å². The molecule has 4 aromatic rings. The summed E-state index contributed by atoms with van der Waals surface area (Å²) in [7, 11) is 0. The normalized spacial score (nSPS) is 12.3. The maximum atomic E-state index is 13.4. The molecule has 0 amide bonds. The van der Waals surface area contributed by atoms with Gasteiger partial charge in [-0.25, -0.2) is 4.98 Å². The van der Waals surface area contributed by atoms with Crippen LogP contribution < -0.4 is 15.0 Å². The van der Waals surface area contributed by atoms with E-state index < -0.39 is 0 Å². The van der Waals surface area contributed by atoms with Crippen molar-refractivity contribution in [2.45, 2.75) is 33.3 Å². The fraction of sp³-hybridized carbons (Fsp3) is 0.222. The van der Waals surface area contributed by atoms with Gasteiger partial charge in [0, 0.05) is 15.6 Å². The average molecular weight is 555 g/mol. The second kappa shape index (κ2) is 11.1. The molecule has 0 spiro atoms. The van der Waals surface area contributed by atoms with Crippen molar-refractivity contribution in [1.82, 2.24) is 9.66 Å². The lowest BCUT2D eigenvalue weighted by Gasteiger charge is -2.19. The lowest BCUT2D eigenvalue weighted by molar-refractivity contribution is 0.203. The largest absolute Gasteiger partial charge is 0.490 e. The van der Waals surface area contributed by atoms with Gasteiger partial charge in [-0.1, -0.05) is 61.0 Å². The number of fused-ring (bicyclic) bond motifs is 1. The van der Waals surface area contributed by atoms with Gasteiger partial charge < -0.3 is 9.47 Å². The summed E-state index contributed by atoms with van der Waals surface area (Å²) in [4.78, 5) is 18.1. The minimum atomic E-state index is -0.269. The number of benzene rings is 3. The van der Waals surface area contributed by atoms with E-state index in [1.54, 1.807) is 18.3 Å². The van der Waals surface area contributed by atoms with Crippen LogP contribution in [0.15, 0.2) is 75.0 Å². The summed E-state index contributed by atoms with van der Waals surface area (Å²) in [5, 5.41) is 5.40. The second-order valence-electron chi connectivity index (χ2n) is 7.87. The smallest absolute Gasteiger partial charge is 0.282 e. The lowest BCUT2D eigenvalue weighted by Crippen LogP contribution is -2.20. The van der Waals surface area contributed by atoms with Gasteiger partial charge in [0.2, 0.25) is 0 Å². The highest BCUT2D eigenvalue weighted by Crippen LogP contribution is 2.43. The van der Waals surface area contributed by atoms with Crippen LogP contribution in [0, 0.1) is 0 Å². The number of hydrogen-bond donors (Lipinski definition) is 0. The van der Waals surface area contributed by atoms with Gasteiger partial charge in [0.05, 0.1) is 29.8 Å². The monoisotopic (exact) mass is 553 g/mol. The van der Waals surface area contributed by atoms with E-state index in [0.717, 1.165) is 12.0 Å². The summed E-state index contributed by atoms with van der Waals surface area (Å²) in [6, 6.07) is 18.5. The van der Waals surface area contributed by atoms with E-state index in [0.29, 0.717) is 49.9 Å². The summed E-state index contributed by atoms with van der Waals surface area (Å²) in [6.07, 6.45) is 2.35. The quantitative estimate of drug-likeness (QED) is 0.221. The Hall–Kier alpha value is -3.16. The summed E-state index contributed by atoms with van der Waals surface area (Å²) >= 11 is 10.2. The van der Waals surface area contributed by atoms with Crippen molar-refractivity contribution < 1.29 is 9.47 Å². The maximum Gasteiger partial charge on any atom is 0.282 e. The molecule has 0 radical (unpaired) electrons. The summed E-state index contributed by atoms with van der Waals surface area (Å²) in [6.45, 7) is 6.34. The SMILES string of the molecule is CCOc1cc(C=Nn2c(-c3ccccc3)nc3ccccc3c2=O)c(Br)c(Cl)c1O[C@H](C)CC. The van der Waals surface area contributed by atoms with Crippen molar-refractivity contribution in [2.75, 3.05) is 6.61 Å². The van der Waals surface area contributed by atoms with Crippen molar-refractivity contribution in [1.29, 1.82) is 0 Å². The molecule has 1 aromatic heterocycles. The number of halogens is 2. The predicted octanol–water partition coefficient (Wildman–Crippen LogP) is 6.94. The summed E-state index contributed by atoms with van der Waals surface area (Å²) in [5.74, 6) is 1.42. The van der Waals surface area contributed by atoms with E-state index in [2.05, 4.69) is 21.0 Å². The average Bonchev–Trinajstić information content (AvgIpc) is 2.88. The maximum absolute atomic E-state index is 13.4. The van der Waals surface area contributed by atoms with Crippen LogP contribution in [0.2, 0.25) is 5.02 Å². The molecule has 3 aromatic carbocycles. The molecule has 180 valence electrons. The van der Waals surface area contributed by atoms with E-state index in [9.17, 15) is 4.79 Å². The van der Waals surface area contributed by atoms with Crippen LogP contribution in [-0.4, -0.2) is 28.6 Å². The molecule has 6 nitrogen and oxygen atoms in total. The van der Waals surface area contributed by atoms with Gasteiger partial charge in [0.15, 0.2) is 17.3 Å². The molecule has 0 saturated carbocycles. The van der Waals surface area contributed by atoms with Crippen LogP contribution in [0.4, 0.5) is 0 Å². The number of para-hydroxylation sites is 1. The Bertz CT molecular complexity index is 1440. The number of ether oxygens (including phenoxy) is 2. The molecule has 0 aliphatic heterocycles. The van der Waals surface area contributed by atoms with Gasteiger partial charge in [-0.2, -0.15) is 9.78 Å². The van der Waals surface area contributed by atoms with Crippen LogP contribution in [0.1, 0.15) is 32.8 Å². The van der Waals surface area contributed by atoms with Crippen LogP contribution in [0.25, 0.3) is 22.3 Å². The van der Waals surface area contributed by atoms with E-state index in [1.807, 2.05) is 69.3 Å². The predicted molar refractivity (Wildman–Crippen MR) is 145 cm³/mol. The Labute approximate surface area is 217 Å². The Morgan fingerprint density at radius 3 is 2.57 bits per heavy atom. The fourth-order valence-corrected chi connectivity index (χ4v) is 4.12. The third kappa shape index (κ3) is 5.26. The molecular weight excluding hydrogens is 530 g/mol. The van der Waals surface area contributed by atoms with Gasteiger partial charge >= 0.3 is 0 Å². The first-order valence-corrected chi connectivity index (χ1v) is 12.5. The molecular formula is C27H25BrClN3O3. The highest BCUT2D eigenvalue weighted by atomic mass is 79.9. The van der Waals surface area contributed by atoms with E-state index in [4.69, 9.17) is 26.1 Å². The van der Waals surface area contributed by atoms with E-state index in [1.165, 1.54) is 4.68 Å². The van der Waals surface area contributed by atoms with Crippen molar-refractivity contribution in [2.24, 2.45) is 5.10 Å². The molecule has 1 heterocycles. The van der Waals surface area contributed by atoms with Crippen LogP contribution in [-0.2, 0) is 0 Å². The van der Waals surface area contributed by atoms with E-state index in [-0.39, 0.29) is 11.7 Å². The minimum Gasteiger partial charge on any atom is -0.490 e. The Morgan fingerprint density at radius 2 is 1.86 bits per heavy atom. The number of nitrogens with zero attached hydrogens (tertiary/aromatic N) is 3. The number of hydrogen-bond acceptors (Lipinski definition) is 5. The first-order chi connectivity index (χ1) is 16.9. The van der Waals surface area contributed by atoms with Gasteiger partial charge in [-0.05, 0) is 54.4 Å². The molecule has 35 heavy (non-hydrogen) atoms. The third-order valence-electron chi connectivity index (χ3n) is 5.45. The summed E-state index contributed by atoms with van der Waals surface area (Å²) in [5.41, 5.74) is 1.75. The molecule has 1 atom stereocenters. The van der Waals surface area contributed by atoms with Gasteiger partial charge in [-0.3, -0.25) is 4.79 Å². The lowest BCUT2D eigenvalue weighted by atomic mass is 10.2. The zero-order valence-electron chi connectivity index (χ0n) is 19.7. The highest BCUT2D eigenvalue weighted by Gasteiger charge is 2.19. The van der Waals surface area contributed by atoms with Crippen LogP contribution in [0.3, 0.4) is 0 Å². The standard InChI is InChI=1S/C27H25BrClN3O3/c1-4-17(3)35-25-22(34-5-2)15-19(23(28)24(25)29)16-30-32-26(18-11-7-6-8-12-18)31-21-14-10-9-13-20(21)27(32)33/h6-17H,4-5H2,1-3H3/t17-/m1/s1. The Kier molecular flexibility index (Phi) is 7.88. The summed E-state index contributed by atoms with van der Waals surface area (Å²) < 4.78 is 13.7. The topological polar surface area (TPSA) is 65.7 Å². The molecule has 0 saturated heterocycles. The second-order valence-corrected chi connectivity index (χ2v) is 9.04. The molecule has 0 aliphatic rings. The van der Waals surface area contributed by atoms with E-state index >= 15 is 0 Å². The first-order valence-electron chi connectivity index (χ1n) is 11.4. The highest BCUT2D eigenvalue weighted by molar-refractivity contribution is 9.10. The van der Waals surface area contributed by atoms with Gasteiger partial charge in [0.1, 0.15) is 5.02 Å². The molecule has 8 heteroatoms. The Morgan fingerprint density at radius 1 is 1.14 bits per heavy atom. The zero-order valence-corrected chi connectivity index (χ0v) is 22.0. The van der Waals surface area contributed by atoms with Crippen LogP contribution >= 0.6 is 27.5 Å². The van der Waals surface area contributed by atoms with Crippen molar-refractivity contribution in [3.05, 3.63) is 86.1 Å². The van der Waals surface area contributed by atoms with Gasteiger partial charge in [0.25, 0.3) is 5.56 Å². The Balaban J connectivity index is 1.87. The fourth-order valence-electron chi connectivity index (χ4n) is 3.48. The molecule has 0 bridgehead atoms. The van der Waals surface area contributed by atoms with Crippen molar-refractivity contribution in [3.63, 3.8) is 0 Å². The number of aromatic nitrogens is 2. The molecule has 0 unspecified atom stereocenters. The molecule has 0 N–H and O–H groups in total. The minimum absolute atomic E-state index is 0.0335. The molecule has 4 rings (SSSR count). The third-order valence-corrected chi connectivity index (χ3v) is 6.89.